The van der Waals surface area contributed by atoms with E-state index in [2.05, 4.69) is 52.5 Å². The SMILES string of the molecule is CNCC(C(=O)NCCc1ccc(Br)cc1)C(C)C. The zero-order chi connectivity index (χ0) is 14.3. The fourth-order valence-corrected chi connectivity index (χ4v) is 2.23. The van der Waals surface area contributed by atoms with Crippen LogP contribution in [0.3, 0.4) is 0 Å². The second-order valence-electron chi connectivity index (χ2n) is 5.08. The monoisotopic (exact) mass is 326 g/mol. The summed E-state index contributed by atoms with van der Waals surface area (Å²) in [6, 6.07) is 8.19. The van der Waals surface area contributed by atoms with Crippen LogP contribution < -0.4 is 10.6 Å². The third-order valence-corrected chi connectivity index (χ3v) is 3.72. The van der Waals surface area contributed by atoms with Gasteiger partial charge in [0.1, 0.15) is 0 Å². The first-order chi connectivity index (χ1) is 9.04. The van der Waals surface area contributed by atoms with Crippen LogP contribution in [-0.2, 0) is 11.2 Å². The predicted molar refractivity (Wildman–Crippen MR) is 83.1 cm³/mol. The Kier molecular flexibility index (Phi) is 7.10. The maximum atomic E-state index is 12.1. The molecular formula is C15H23BrN2O. The minimum absolute atomic E-state index is 0.0370. The molecule has 1 unspecified atom stereocenters. The van der Waals surface area contributed by atoms with E-state index in [1.54, 1.807) is 0 Å². The highest BCUT2D eigenvalue weighted by molar-refractivity contribution is 9.10. The number of benzene rings is 1. The first-order valence-electron chi connectivity index (χ1n) is 6.71. The van der Waals surface area contributed by atoms with Gasteiger partial charge >= 0.3 is 0 Å². The summed E-state index contributed by atoms with van der Waals surface area (Å²) in [4.78, 5) is 12.1. The molecule has 1 aromatic rings. The third kappa shape index (κ3) is 5.74. The van der Waals surface area contributed by atoms with Gasteiger partial charge in [0.25, 0.3) is 0 Å². The van der Waals surface area contributed by atoms with E-state index in [1.165, 1.54) is 5.56 Å². The standard InChI is InChI=1S/C15H23BrN2O/c1-11(2)14(10-17-3)15(19)18-9-8-12-4-6-13(16)7-5-12/h4-7,11,14,17H,8-10H2,1-3H3,(H,18,19). The van der Waals surface area contributed by atoms with Gasteiger partial charge in [0.05, 0.1) is 5.92 Å². The zero-order valence-electron chi connectivity index (χ0n) is 11.9. The molecule has 0 fully saturated rings. The maximum absolute atomic E-state index is 12.1. The Morgan fingerprint density at radius 3 is 2.42 bits per heavy atom. The number of carbonyl (C=O) groups is 1. The summed E-state index contributed by atoms with van der Waals surface area (Å²) in [5.74, 6) is 0.525. The molecule has 1 aromatic carbocycles. The number of amides is 1. The third-order valence-electron chi connectivity index (χ3n) is 3.19. The molecule has 0 aliphatic heterocycles. The highest BCUT2D eigenvalue weighted by Gasteiger charge is 2.20. The molecule has 0 saturated heterocycles. The number of hydrogen-bond donors (Lipinski definition) is 2. The van der Waals surface area contributed by atoms with Gasteiger partial charge < -0.3 is 10.6 Å². The van der Waals surface area contributed by atoms with Crippen LogP contribution in [-0.4, -0.2) is 26.0 Å². The Bertz CT molecular complexity index is 390. The predicted octanol–water partition coefficient (Wildman–Crippen LogP) is 2.60. The second kappa shape index (κ2) is 8.33. The first kappa shape index (κ1) is 16.2. The van der Waals surface area contributed by atoms with Crippen LogP contribution in [0.2, 0.25) is 0 Å². The van der Waals surface area contributed by atoms with Gasteiger partial charge in [0, 0.05) is 17.6 Å². The molecule has 1 amide bonds. The fraction of sp³-hybridized carbons (Fsp3) is 0.533. The summed E-state index contributed by atoms with van der Waals surface area (Å²) >= 11 is 3.41. The lowest BCUT2D eigenvalue weighted by atomic mass is 9.95. The molecule has 106 valence electrons. The molecule has 0 aromatic heterocycles. The number of halogens is 1. The molecule has 0 bridgehead atoms. The Balaban J connectivity index is 2.39. The molecule has 4 heteroatoms. The summed E-state index contributed by atoms with van der Waals surface area (Å²) in [5, 5.41) is 6.10. The Labute approximate surface area is 124 Å². The Morgan fingerprint density at radius 1 is 1.26 bits per heavy atom. The quantitative estimate of drug-likeness (QED) is 0.808. The summed E-state index contributed by atoms with van der Waals surface area (Å²) in [6.07, 6.45) is 0.864. The molecule has 0 aliphatic rings. The van der Waals surface area contributed by atoms with Gasteiger partial charge in [-0.2, -0.15) is 0 Å². The van der Waals surface area contributed by atoms with Crippen molar-refractivity contribution in [3.63, 3.8) is 0 Å². The van der Waals surface area contributed by atoms with Crippen LogP contribution in [0.25, 0.3) is 0 Å². The van der Waals surface area contributed by atoms with E-state index < -0.39 is 0 Å². The van der Waals surface area contributed by atoms with Crippen molar-refractivity contribution >= 4 is 21.8 Å². The largest absolute Gasteiger partial charge is 0.355 e. The lowest BCUT2D eigenvalue weighted by Crippen LogP contribution is -2.39. The Morgan fingerprint density at radius 2 is 1.89 bits per heavy atom. The molecule has 0 spiro atoms. The molecule has 3 nitrogen and oxygen atoms in total. The molecule has 0 aliphatic carbocycles. The van der Waals surface area contributed by atoms with Crippen molar-refractivity contribution in [1.82, 2.24) is 10.6 Å². The molecule has 0 radical (unpaired) electrons. The zero-order valence-corrected chi connectivity index (χ0v) is 13.5. The maximum Gasteiger partial charge on any atom is 0.224 e. The van der Waals surface area contributed by atoms with Crippen molar-refractivity contribution < 1.29 is 4.79 Å². The topological polar surface area (TPSA) is 41.1 Å². The van der Waals surface area contributed by atoms with Crippen LogP contribution in [0.15, 0.2) is 28.7 Å². The van der Waals surface area contributed by atoms with E-state index in [9.17, 15) is 4.79 Å². The van der Waals surface area contributed by atoms with Crippen molar-refractivity contribution in [2.24, 2.45) is 11.8 Å². The van der Waals surface area contributed by atoms with Crippen LogP contribution in [0.5, 0.6) is 0 Å². The minimum Gasteiger partial charge on any atom is -0.355 e. The van der Waals surface area contributed by atoms with Crippen LogP contribution in [0.1, 0.15) is 19.4 Å². The average molecular weight is 327 g/mol. The highest BCUT2D eigenvalue weighted by atomic mass is 79.9. The fourth-order valence-electron chi connectivity index (χ4n) is 1.96. The van der Waals surface area contributed by atoms with Gasteiger partial charge in [-0.15, -0.1) is 0 Å². The molecular weight excluding hydrogens is 304 g/mol. The normalized spacial score (nSPS) is 12.5. The first-order valence-corrected chi connectivity index (χ1v) is 7.50. The number of hydrogen-bond acceptors (Lipinski definition) is 2. The van der Waals surface area contributed by atoms with Gasteiger partial charge in [-0.3, -0.25) is 4.79 Å². The van der Waals surface area contributed by atoms with Crippen molar-refractivity contribution in [2.45, 2.75) is 20.3 Å². The summed E-state index contributed by atoms with van der Waals surface area (Å²) in [5.41, 5.74) is 1.23. The van der Waals surface area contributed by atoms with E-state index >= 15 is 0 Å². The highest BCUT2D eigenvalue weighted by Crippen LogP contribution is 2.11. The van der Waals surface area contributed by atoms with Crippen molar-refractivity contribution in [3.05, 3.63) is 34.3 Å². The summed E-state index contributed by atoms with van der Waals surface area (Å²) in [6.45, 7) is 5.57. The number of rotatable bonds is 7. The van der Waals surface area contributed by atoms with E-state index in [1.807, 2.05) is 19.2 Å². The van der Waals surface area contributed by atoms with Crippen molar-refractivity contribution in [3.8, 4) is 0 Å². The molecule has 0 heterocycles. The number of nitrogens with one attached hydrogen (secondary N) is 2. The van der Waals surface area contributed by atoms with Gasteiger partial charge in [-0.05, 0) is 37.1 Å². The van der Waals surface area contributed by atoms with E-state index in [0.717, 1.165) is 17.4 Å². The van der Waals surface area contributed by atoms with Crippen molar-refractivity contribution in [1.29, 1.82) is 0 Å². The Hall–Kier alpha value is -0.870. The van der Waals surface area contributed by atoms with Crippen LogP contribution in [0.4, 0.5) is 0 Å². The summed E-state index contributed by atoms with van der Waals surface area (Å²) in [7, 11) is 1.88. The summed E-state index contributed by atoms with van der Waals surface area (Å²) < 4.78 is 1.08. The minimum atomic E-state index is 0.0370. The van der Waals surface area contributed by atoms with E-state index in [-0.39, 0.29) is 11.8 Å². The van der Waals surface area contributed by atoms with Crippen LogP contribution in [0, 0.1) is 11.8 Å². The molecule has 1 rings (SSSR count). The smallest absolute Gasteiger partial charge is 0.224 e. The van der Waals surface area contributed by atoms with Crippen molar-refractivity contribution in [2.75, 3.05) is 20.1 Å². The van der Waals surface area contributed by atoms with Gasteiger partial charge in [0.2, 0.25) is 5.91 Å². The van der Waals surface area contributed by atoms with Crippen LogP contribution >= 0.6 is 15.9 Å². The molecule has 0 saturated carbocycles. The lowest BCUT2D eigenvalue weighted by Gasteiger charge is -2.19. The lowest BCUT2D eigenvalue weighted by molar-refractivity contribution is -0.126. The average Bonchev–Trinajstić information content (AvgIpc) is 2.37. The van der Waals surface area contributed by atoms with E-state index in [4.69, 9.17) is 0 Å². The molecule has 1 atom stereocenters. The number of carbonyl (C=O) groups excluding carboxylic acids is 1. The van der Waals surface area contributed by atoms with E-state index in [0.29, 0.717) is 12.5 Å². The molecule has 19 heavy (non-hydrogen) atoms. The van der Waals surface area contributed by atoms with Gasteiger partial charge in [-0.1, -0.05) is 41.9 Å². The second-order valence-corrected chi connectivity index (χ2v) is 5.99. The van der Waals surface area contributed by atoms with Gasteiger partial charge in [-0.25, -0.2) is 0 Å². The molecule has 2 N–H and O–H groups in total. The van der Waals surface area contributed by atoms with Gasteiger partial charge in [0.15, 0.2) is 0 Å².